The van der Waals surface area contributed by atoms with Crippen LogP contribution in [0.5, 0.6) is 0 Å². The van der Waals surface area contributed by atoms with Crippen molar-refractivity contribution in [1.82, 2.24) is 0 Å². The Morgan fingerprint density at radius 3 is 2.05 bits per heavy atom. The van der Waals surface area contributed by atoms with Crippen LogP contribution in [0.25, 0.3) is 0 Å². The Kier molecular flexibility index (Phi) is 8.47. The maximum atomic E-state index is 11.8. The van der Waals surface area contributed by atoms with E-state index >= 15 is 0 Å². The molecule has 0 heterocycles. The minimum Gasteiger partial charge on any atom is -0.464 e. The van der Waals surface area contributed by atoms with Gasteiger partial charge in [-0.25, -0.2) is 0 Å². The van der Waals surface area contributed by atoms with Gasteiger partial charge >= 0.3 is 5.97 Å². The second kappa shape index (κ2) is 8.99. The van der Waals surface area contributed by atoms with Crippen LogP contribution in [-0.2, 0) is 29.2 Å². The summed E-state index contributed by atoms with van der Waals surface area (Å²) in [6.45, 7) is 6.88. The Hall–Kier alpha value is -1.28. The van der Waals surface area contributed by atoms with Crippen LogP contribution in [0, 0.1) is 11.8 Å². The molecule has 0 fully saturated rings. The largest absolute Gasteiger partial charge is 0.464 e. The molecule has 7 nitrogen and oxygen atoms in total. The number of ketones is 2. The number of esters is 1. The van der Waals surface area contributed by atoms with Crippen molar-refractivity contribution in [2.75, 3.05) is 6.61 Å². The van der Waals surface area contributed by atoms with Gasteiger partial charge in [0.2, 0.25) is 11.6 Å². The first kappa shape index (κ1) is 20.7. The number of ether oxygens (including phenoxy) is 1. The molecule has 8 heteroatoms. The van der Waals surface area contributed by atoms with Crippen molar-refractivity contribution >= 4 is 27.7 Å². The summed E-state index contributed by atoms with van der Waals surface area (Å²) in [4.78, 5) is 35.2. The summed E-state index contributed by atoms with van der Waals surface area (Å²) >= 11 is 0. The molecule has 0 saturated carbocycles. The van der Waals surface area contributed by atoms with Gasteiger partial charge in [0.15, 0.2) is 5.25 Å². The third kappa shape index (κ3) is 6.65. The topological polar surface area (TPSA) is 115 Å². The van der Waals surface area contributed by atoms with Crippen LogP contribution < -0.4 is 0 Å². The Bertz CT molecular complexity index is 509. The van der Waals surface area contributed by atoms with Crippen LogP contribution in [0.3, 0.4) is 0 Å². The fourth-order valence-corrected chi connectivity index (χ4v) is 2.15. The second-order valence-corrected chi connectivity index (χ2v) is 7.05. The molecule has 3 unspecified atom stereocenters. The third-order valence-electron chi connectivity index (χ3n) is 3.54. The molecular weight excluding hydrogens is 312 g/mol. The van der Waals surface area contributed by atoms with E-state index in [-0.39, 0.29) is 12.5 Å². The minimum atomic E-state index is -4.83. The molecule has 128 valence electrons. The van der Waals surface area contributed by atoms with Crippen LogP contribution in [-0.4, -0.2) is 42.4 Å². The highest BCUT2D eigenvalue weighted by Gasteiger charge is 2.37. The molecular formula is C14H24O7S. The van der Waals surface area contributed by atoms with Crippen molar-refractivity contribution in [1.29, 1.82) is 0 Å². The fourth-order valence-electron chi connectivity index (χ4n) is 1.47. The predicted molar refractivity (Wildman–Crippen MR) is 79.8 cm³/mol. The second-order valence-electron chi connectivity index (χ2n) is 5.45. The number of hydrogen-bond acceptors (Lipinski definition) is 6. The molecule has 0 spiro atoms. The SMILES string of the molecule is CCC(C)COC(=O)C(CC(=O)C(=O)C(C)CC)S(=O)(=O)O. The Balaban J connectivity index is 4.98. The number of carbonyl (C=O) groups is 3. The van der Waals surface area contributed by atoms with Gasteiger partial charge in [-0.05, 0) is 12.3 Å². The van der Waals surface area contributed by atoms with Gasteiger partial charge in [-0.15, -0.1) is 0 Å². The molecule has 0 saturated heterocycles. The van der Waals surface area contributed by atoms with Crippen molar-refractivity contribution in [3.63, 3.8) is 0 Å². The molecule has 0 radical (unpaired) electrons. The Morgan fingerprint density at radius 1 is 1.09 bits per heavy atom. The van der Waals surface area contributed by atoms with Crippen LogP contribution >= 0.6 is 0 Å². The standard InChI is InChI=1S/C14H24O7S/c1-5-9(3)8-21-14(17)12(22(18,19)20)7-11(15)13(16)10(4)6-2/h9-10,12H,5-8H2,1-4H3,(H,18,19,20). The van der Waals surface area contributed by atoms with Gasteiger partial charge in [-0.2, -0.15) is 8.42 Å². The predicted octanol–water partition coefficient (Wildman–Crippen LogP) is 1.41. The molecule has 0 aromatic carbocycles. The van der Waals surface area contributed by atoms with Crippen molar-refractivity contribution in [2.24, 2.45) is 11.8 Å². The first-order valence-corrected chi connectivity index (χ1v) is 8.74. The fraction of sp³-hybridized carbons (Fsp3) is 0.786. The van der Waals surface area contributed by atoms with Crippen molar-refractivity contribution < 1.29 is 32.1 Å². The molecule has 1 N–H and O–H groups in total. The Labute approximate surface area is 131 Å². The Morgan fingerprint density at radius 2 is 1.64 bits per heavy atom. The molecule has 0 amide bonds. The highest BCUT2D eigenvalue weighted by atomic mass is 32.2. The lowest BCUT2D eigenvalue weighted by Gasteiger charge is -2.15. The number of hydrogen-bond donors (Lipinski definition) is 1. The lowest BCUT2D eigenvalue weighted by Crippen LogP contribution is -2.37. The zero-order chi connectivity index (χ0) is 17.5. The zero-order valence-corrected chi connectivity index (χ0v) is 14.2. The first-order valence-electron chi connectivity index (χ1n) is 7.24. The zero-order valence-electron chi connectivity index (χ0n) is 13.4. The summed E-state index contributed by atoms with van der Waals surface area (Å²) in [5.41, 5.74) is 0. The van der Waals surface area contributed by atoms with E-state index in [1.165, 1.54) is 6.92 Å². The molecule has 0 aliphatic carbocycles. The maximum Gasteiger partial charge on any atom is 0.327 e. The lowest BCUT2D eigenvalue weighted by atomic mass is 9.98. The maximum absolute atomic E-state index is 11.8. The van der Waals surface area contributed by atoms with Crippen molar-refractivity contribution in [3.8, 4) is 0 Å². The van der Waals surface area contributed by atoms with Crippen LogP contribution in [0.4, 0.5) is 0 Å². The molecule has 0 aromatic heterocycles. The van der Waals surface area contributed by atoms with Gasteiger partial charge in [-0.3, -0.25) is 18.9 Å². The van der Waals surface area contributed by atoms with E-state index in [0.29, 0.717) is 6.42 Å². The molecule has 0 bridgehead atoms. The molecule has 0 rings (SSSR count). The van der Waals surface area contributed by atoms with E-state index in [0.717, 1.165) is 6.42 Å². The van der Waals surface area contributed by atoms with E-state index < -0.39 is 45.2 Å². The minimum absolute atomic E-state index is 0.0171. The average molecular weight is 336 g/mol. The third-order valence-corrected chi connectivity index (χ3v) is 4.61. The van der Waals surface area contributed by atoms with Gasteiger partial charge in [0.25, 0.3) is 10.1 Å². The highest BCUT2D eigenvalue weighted by Crippen LogP contribution is 2.13. The van der Waals surface area contributed by atoms with Gasteiger partial charge in [0, 0.05) is 12.3 Å². The van der Waals surface area contributed by atoms with E-state index in [2.05, 4.69) is 0 Å². The normalized spacial score (nSPS) is 15.7. The smallest absolute Gasteiger partial charge is 0.327 e. The van der Waals surface area contributed by atoms with Gasteiger partial charge in [0.05, 0.1) is 6.61 Å². The van der Waals surface area contributed by atoms with E-state index in [9.17, 15) is 22.8 Å². The highest BCUT2D eigenvalue weighted by molar-refractivity contribution is 7.87. The quantitative estimate of drug-likeness (QED) is 0.364. The number of carbonyl (C=O) groups excluding carboxylic acids is 3. The van der Waals surface area contributed by atoms with Gasteiger partial charge in [0.1, 0.15) is 0 Å². The van der Waals surface area contributed by atoms with Crippen molar-refractivity contribution in [3.05, 3.63) is 0 Å². The van der Waals surface area contributed by atoms with E-state index in [4.69, 9.17) is 9.29 Å². The average Bonchev–Trinajstić information content (AvgIpc) is 2.46. The van der Waals surface area contributed by atoms with Crippen molar-refractivity contribution in [2.45, 2.75) is 52.2 Å². The van der Waals surface area contributed by atoms with Crippen LogP contribution in [0.1, 0.15) is 47.0 Å². The molecule has 0 aliphatic heterocycles. The first-order chi connectivity index (χ1) is 10.0. The van der Waals surface area contributed by atoms with Crippen LogP contribution in [0.2, 0.25) is 0 Å². The van der Waals surface area contributed by atoms with E-state index in [1.807, 2.05) is 6.92 Å². The molecule has 0 aromatic rings. The lowest BCUT2D eigenvalue weighted by molar-refractivity contribution is -0.146. The summed E-state index contributed by atoms with van der Waals surface area (Å²) in [5.74, 6) is -3.52. The summed E-state index contributed by atoms with van der Waals surface area (Å²) in [6.07, 6.45) is 0.232. The monoisotopic (exact) mass is 336 g/mol. The molecule has 3 atom stereocenters. The summed E-state index contributed by atoms with van der Waals surface area (Å²) in [7, 11) is -4.83. The molecule has 22 heavy (non-hydrogen) atoms. The summed E-state index contributed by atoms with van der Waals surface area (Å²) in [5, 5.41) is -2.06. The number of Topliss-reactive ketones (excluding diaryl/α,β-unsaturated/α-hetero) is 2. The van der Waals surface area contributed by atoms with Gasteiger partial charge < -0.3 is 4.74 Å². The summed E-state index contributed by atoms with van der Waals surface area (Å²) < 4.78 is 36.5. The summed E-state index contributed by atoms with van der Waals surface area (Å²) in [6, 6.07) is 0. The van der Waals surface area contributed by atoms with Gasteiger partial charge in [-0.1, -0.05) is 34.1 Å². The number of rotatable bonds is 10. The van der Waals surface area contributed by atoms with Crippen LogP contribution in [0.15, 0.2) is 0 Å². The van der Waals surface area contributed by atoms with E-state index in [1.54, 1.807) is 13.8 Å². The molecule has 0 aliphatic rings.